The molecule has 3 N–H and O–H groups in total. The van der Waals surface area contributed by atoms with Crippen LogP contribution in [0.2, 0.25) is 0 Å². The van der Waals surface area contributed by atoms with Gasteiger partial charge >= 0.3 is 5.97 Å². The minimum Gasteiger partial charge on any atom is -0.493 e. The number of nitrogens with one attached hydrogen (secondary N) is 2. The highest BCUT2D eigenvalue weighted by atomic mass is 19.1. The van der Waals surface area contributed by atoms with Crippen LogP contribution in [-0.4, -0.2) is 47.4 Å². The van der Waals surface area contributed by atoms with Gasteiger partial charge in [0.25, 0.3) is 5.91 Å². The van der Waals surface area contributed by atoms with Crippen LogP contribution in [0.15, 0.2) is 36.4 Å². The lowest BCUT2D eigenvalue weighted by atomic mass is 9.73. The lowest BCUT2D eigenvalue weighted by molar-refractivity contribution is -0.136. The summed E-state index contributed by atoms with van der Waals surface area (Å²) in [7, 11) is 0. The molecule has 0 aromatic heterocycles. The molecule has 1 spiro atoms. The summed E-state index contributed by atoms with van der Waals surface area (Å²) in [6.07, 6.45) is 7.45. The maximum absolute atomic E-state index is 15.3. The Morgan fingerprint density at radius 3 is 2.54 bits per heavy atom. The molecule has 8 heteroatoms. The van der Waals surface area contributed by atoms with Gasteiger partial charge in [0, 0.05) is 30.1 Å². The molecule has 3 aliphatic carbocycles. The number of ether oxygens (including phenoxy) is 1. The van der Waals surface area contributed by atoms with Gasteiger partial charge in [-0.1, -0.05) is 24.6 Å². The van der Waals surface area contributed by atoms with Crippen molar-refractivity contribution in [3.05, 3.63) is 53.3 Å². The van der Waals surface area contributed by atoms with Crippen molar-refractivity contribution in [2.24, 2.45) is 5.92 Å². The first-order valence-electron chi connectivity index (χ1n) is 14.2. The van der Waals surface area contributed by atoms with Gasteiger partial charge in [-0.25, -0.2) is 8.78 Å². The quantitative estimate of drug-likeness (QED) is 0.404. The molecule has 0 radical (unpaired) electrons. The predicted molar refractivity (Wildman–Crippen MR) is 143 cm³/mol. The fourth-order valence-corrected chi connectivity index (χ4v) is 6.70. The van der Waals surface area contributed by atoms with Gasteiger partial charge in [0.1, 0.15) is 11.6 Å². The highest BCUT2D eigenvalue weighted by Crippen LogP contribution is 2.46. The van der Waals surface area contributed by atoms with Gasteiger partial charge < -0.3 is 20.5 Å². The number of benzene rings is 2. The zero-order valence-corrected chi connectivity index (χ0v) is 22.1. The average Bonchev–Trinajstić information content (AvgIpc) is 3.21. The molecule has 4 aliphatic rings. The van der Waals surface area contributed by atoms with E-state index in [0.717, 1.165) is 44.1 Å². The number of carbonyl (C=O) groups is 2. The Morgan fingerprint density at radius 1 is 1.10 bits per heavy atom. The van der Waals surface area contributed by atoms with Crippen molar-refractivity contribution >= 4 is 11.9 Å². The summed E-state index contributed by atoms with van der Waals surface area (Å²) >= 11 is 0. The second-order valence-corrected chi connectivity index (χ2v) is 12.2. The van der Waals surface area contributed by atoms with Crippen LogP contribution in [0, 0.1) is 11.7 Å². The summed E-state index contributed by atoms with van der Waals surface area (Å²) in [5.41, 5.74) is 0.751. The zero-order valence-electron chi connectivity index (χ0n) is 22.1. The maximum Gasteiger partial charge on any atom is 0.307 e. The lowest BCUT2D eigenvalue weighted by Gasteiger charge is -2.39. The molecule has 0 bridgehead atoms. The second-order valence-electron chi connectivity index (χ2n) is 12.2. The molecule has 1 heterocycles. The lowest BCUT2D eigenvalue weighted by Crippen LogP contribution is -2.53. The molecule has 2 aromatic carbocycles. The maximum atomic E-state index is 15.3. The molecule has 1 aliphatic heterocycles. The van der Waals surface area contributed by atoms with E-state index in [4.69, 9.17) is 4.74 Å². The summed E-state index contributed by atoms with van der Waals surface area (Å²) in [6, 6.07) is 10.3. The number of amides is 1. The Kier molecular flexibility index (Phi) is 6.86. The van der Waals surface area contributed by atoms with Crippen molar-refractivity contribution in [3.8, 4) is 16.9 Å². The molecule has 1 amide bonds. The van der Waals surface area contributed by atoms with E-state index in [1.807, 2.05) is 6.07 Å². The van der Waals surface area contributed by atoms with Crippen molar-refractivity contribution in [1.29, 1.82) is 0 Å². The summed E-state index contributed by atoms with van der Waals surface area (Å²) in [5.74, 6) is -0.725. The van der Waals surface area contributed by atoms with E-state index in [0.29, 0.717) is 41.9 Å². The Hall–Kier alpha value is -3.00. The minimum atomic E-state index is -1.84. The van der Waals surface area contributed by atoms with Gasteiger partial charge in [0.05, 0.1) is 13.0 Å². The molecule has 0 unspecified atom stereocenters. The first-order chi connectivity index (χ1) is 18.7. The van der Waals surface area contributed by atoms with Crippen LogP contribution in [0.25, 0.3) is 11.1 Å². The predicted octanol–water partition coefficient (Wildman–Crippen LogP) is 5.29. The minimum absolute atomic E-state index is 0.0671. The number of carboxylic acid groups (broad SMARTS) is 1. The van der Waals surface area contributed by atoms with Gasteiger partial charge in [-0.15, -0.1) is 0 Å². The van der Waals surface area contributed by atoms with E-state index in [2.05, 4.69) is 10.6 Å². The molecule has 3 saturated carbocycles. The van der Waals surface area contributed by atoms with Crippen molar-refractivity contribution in [3.63, 3.8) is 0 Å². The number of halogens is 2. The normalized spacial score (nSPS) is 27.3. The molecule has 6 nitrogen and oxygen atoms in total. The Labute approximate surface area is 227 Å². The standard InChI is InChI=1S/C31H36F2N2O4/c32-25-7-2-6-23(28(25)21-4-1-5-21)24-14-19(15-27(36)37)8-9-26(24)39-16-20-12-22(13-20)35-29(38)31(33)17-30(34-18-31)10-3-11-30/h2,6-9,14,20-22,34H,1,3-5,10-13,15-18H2,(H,35,38)(H,36,37)/t20?,22?,31-/m1/s1. The summed E-state index contributed by atoms with van der Waals surface area (Å²) in [6.45, 7) is 0.499. The Balaban J connectivity index is 1.11. The van der Waals surface area contributed by atoms with Crippen LogP contribution in [0.4, 0.5) is 8.78 Å². The molecular weight excluding hydrogens is 502 g/mol. The number of rotatable bonds is 9. The molecular formula is C31H36F2N2O4. The van der Waals surface area contributed by atoms with Crippen LogP contribution in [-0.2, 0) is 16.0 Å². The second kappa shape index (κ2) is 10.2. The van der Waals surface area contributed by atoms with E-state index in [1.54, 1.807) is 24.3 Å². The topological polar surface area (TPSA) is 87.7 Å². The number of carboxylic acids is 1. The number of carbonyl (C=O) groups excluding carboxylic acids is 1. The van der Waals surface area contributed by atoms with Crippen molar-refractivity contribution in [2.75, 3.05) is 13.2 Å². The third-order valence-corrected chi connectivity index (χ3v) is 9.38. The highest BCUT2D eigenvalue weighted by molar-refractivity contribution is 5.86. The first-order valence-corrected chi connectivity index (χ1v) is 14.2. The molecule has 208 valence electrons. The van der Waals surface area contributed by atoms with E-state index in [1.165, 1.54) is 6.07 Å². The van der Waals surface area contributed by atoms with E-state index in [9.17, 15) is 19.1 Å². The summed E-state index contributed by atoms with van der Waals surface area (Å²) in [5, 5.41) is 15.5. The van der Waals surface area contributed by atoms with Gasteiger partial charge in [0.2, 0.25) is 5.67 Å². The third kappa shape index (κ3) is 5.15. The molecule has 39 heavy (non-hydrogen) atoms. The number of aliphatic carboxylic acids is 1. The van der Waals surface area contributed by atoms with Crippen LogP contribution in [0.1, 0.15) is 74.8 Å². The SMILES string of the molecule is O=C(O)Cc1ccc(OCC2CC(NC(=O)[C@]3(F)CNC4(CCC4)C3)C2)c(-c2cccc(F)c2C2CCC2)c1. The van der Waals surface area contributed by atoms with E-state index < -0.39 is 17.5 Å². The monoisotopic (exact) mass is 538 g/mol. The zero-order chi connectivity index (χ0) is 27.2. The highest BCUT2D eigenvalue weighted by Gasteiger charge is 2.55. The number of hydrogen-bond donors (Lipinski definition) is 3. The van der Waals surface area contributed by atoms with Crippen LogP contribution in [0.3, 0.4) is 0 Å². The Bertz CT molecular complexity index is 1270. The van der Waals surface area contributed by atoms with Crippen molar-refractivity contribution in [2.45, 2.75) is 87.4 Å². The fraction of sp³-hybridized carbons (Fsp3) is 0.548. The van der Waals surface area contributed by atoms with Gasteiger partial charge in [0.15, 0.2) is 0 Å². The molecule has 1 atom stereocenters. The van der Waals surface area contributed by atoms with Gasteiger partial charge in [-0.3, -0.25) is 9.59 Å². The summed E-state index contributed by atoms with van der Waals surface area (Å²) < 4.78 is 36.5. The van der Waals surface area contributed by atoms with Crippen LogP contribution >= 0.6 is 0 Å². The number of alkyl halides is 1. The van der Waals surface area contributed by atoms with Crippen molar-refractivity contribution in [1.82, 2.24) is 10.6 Å². The molecule has 2 aromatic rings. The third-order valence-electron chi connectivity index (χ3n) is 9.38. The molecule has 4 fully saturated rings. The fourth-order valence-electron chi connectivity index (χ4n) is 6.70. The van der Waals surface area contributed by atoms with Gasteiger partial charge in [-0.05, 0) is 91.7 Å². The van der Waals surface area contributed by atoms with E-state index >= 15 is 4.39 Å². The molecule has 1 saturated heterocycles. The first kappa shape index (κ1) is 26.2. The molecule has 6 rings (SSSR count). The van der Waals surface area contributed by atoms with Crippen molar-refractivity contribution < 1.29 is 28.2 Å². The van der Waals surface area contributed by atoms with E-state index in [-0.39, 0.29) is 48.6 Å². The summed E-state index contributed by atoms with van der Waals surface area (Å²) in [4.78, 5) is 24.1. The largest absolute Gasteiger partial charge is 0.493 e. The van der Waals surface area contributed by atoms with Crippen LogP contribution in [0.5, 0.6) is 5.75 Å². The average molecular weight is 539 g/mol. The van der Waals surface area contributed by atoms with Gasteiger partial charge in [-0.2, -0.15) is 0 Å². The smallest absolute Gasteiger partial charge is 0.307 e. The Morgan fingerprint density at radius 2 is 1.90 bits per heavy atom. The van der Waals surface area contributed by atoms with Crippen LogP contribution < -0.4 is 15.4 Å². The number of hydrogen-bond acceptors (Lipinski definition) is 4.